The van der Waals surface area contributed by atoms with E-state index >= 15 is 0 Å². The number of amides is 2. The molecule has 0 spiro atoms. The molecule has 0 aromatic heterocycles. The number of rotatable bonds is 8. The molecule has 1 atom stereocenters. The van der Waals surface area contributed by atoms with E-state index in [1.807, 2.05) is 22.2 Å². The Morgan fingerprint density at radius 3 is 2.15 bits per heavy atom. The Kier molecular flexibility index (Phi) is 7.76. The molecule has 1 aromatic carbocycles. The molecule has 3 N–H and O–H groups in total. The van der Waals surface area contributed by atoms with Crippen LogP contribution >= 0.6 is 0 Å². The molecule has 0 saturated heterocycles. The number of hydrogen-bond acceptors (Lipinski definition) is 5. The Morgan fingerprint density at radius 2 is 1.65 bits per heavy atom. The summed E-state index contributed by atoms with van der Waals surface area (Å²) in [5.41, 5.74) is 1.82. The minimum Gasteiger partial charge on any atom is -0.474 e. The molecule has 0 saturated carbocycles. The van der Waals surface area contributed by atoms with Crippen molar-refractivity contribution in [1.29, 1.82) is 0 Å². The lowest BCUT2D eigenvalue weighted by molar-refractivity contribution is -0.150. The third kappa shape index (κ3) is 7.22. The second kappa shape index (κ2) is 9.33. The normalized spacial score (nSPS) is 12.5. The highest BCUT2D eigenvalue weighted by Crippen LogP contribution is 2.18. The zero-order valence-corrected chi connectivity index (χ0v) is 15.8. The molecule has 8 nitrogen and oxygen atoms in total. The molecule has 1 aromatic rings. The van der Waals surface area contributed by atoms with Crippen LogP contribution in [-0.2, 0) is 30.8 Å². The Labute approximate surface area is 153 Å². The van der Waals surface area contributed by atoms with Gasteiger partial charge in [0.05, 0.1) is 11.7 Å². The van der Waals surface area contributed by atoms with Crippen molar-refractivity contribution < 1.29 is 27.9 Å². The van der Waals surface area contributed by atoms with E-state index in [4.69, 9.17) is 5.11 Å². The lowest BCUT2D eigenvalue weighted by atomic mass is 9.96. The van der Waals surface area contributed by atoms with Gasteiger partial charge in [-0.3, -0.25) is 14.3 Å². The molecule has 0 unspecified atom stereocenters. The molecule has 26 heavy (non-hydrogen) atoms. The molecule has 0 aliphatic rings. The predicted molar refractivity (Wildman–Crippen MR) is 96.0 cm³/mol. The van der Waals surface area contributed by atoms with Crippen molar-refractivity contribution in [2.75, 3.05) is 12.3 Å². The SMILES string of the molecule is CC(C)Cc1ccc([C@@H](C)C(=O)NS(=O)(=O)CCNC(=O)C(=O)O)cc1. The number of hydrogen-bond donors (Lipinski definition) is 3. The van der Waals surface area contributed by atoms with Crippen molar-refractivity contribution in [3.05, 3.63) is 35.4 Å². The number of sulfonamides is 1. The Balaban J connectivity index is 2.62. The second-order valence-corrected chi connectivity index (χ2v) is 8.25. The maximum absolute atomic E-state index is 12.2. The van der Waals surface area contributed by atoms with Gasteiger partial charge in [-0.25, -0.2) is 13.2 Å². The van der Waals surface area contributed by atoms with Crippen molar-refractivity contribution >= 4 is 27.8 Å². The molecule has 0 aliphatic carbocycles. The number of benzene rings is 1. The highest BCUT2D eigenvalue weighted by molar-refractivity contribution is 7.90. The summed E-state index contributed by atoms with van der Waals surface area (Å²) in [5.74, 6) is -4.47. The molecule has 9 heteroatoms. The first-order valence-electron chi connectivity index (χ1n) is 8.16. The lowest BCUT2D eigenvalue weighted by Crippen LogP contribution is -2.40. The van der Waals surface area contributed by atoms with Crippen molar-refractivity contribution in [1.82, 2.24) is 10.0 Å². The van der Waals surface area contributed by atoms with Crippen molar-refractivity contribution in [3.63, 3.8) is 0 Å². The van der Waals surface area contributed by atoms with Crippen LogP contribution < -0.4 is 10.0 Å². The summed E-state index contributed by atoms with van der Waals surface area (Å²) in [6.45, 7) is 5.39. The largest absolute Gasteiger partial charge is 0.474 e. The van der Waals surface area contributed by atoms with E-state index in [2.05, 4.69) is 13.8 Å². The molecule has 1 rings (SSSR count). The van der Waals surface area contributed by atoms with E-state index in [1.165, 1.54) is 0 Å². The Morgan fingerprint density at radius 1 is 1.08 bits per heavy atom. The lowest BCUT2D eigenvalue weighted by Gasteiger charge is -2.14. The predicted octanol–water partition coefficient (Wildman–Crippen LogP) is 0.635. The fourth-order valence-electron chi connectivity index (χ4n) is 2.23. The third-order valence-corrected chi connectivity index (χ3v) is 4.88. The highest BCUT2D eigenvalue weighted by Gasteiger charge is 2.21. The quantitative estimate of drug-likeness (QED) is 0.564. The third-order valence-electron chi connectivity index (χ3n) is 3.62. The summed E-state index contributed by atoms with van der Waals surface area (Å²) in [4.78, 5) is 33.3. The number of carboxylic acids is 1. The van der Waals surface area contributed by atoms with Crippen LogP contribution in [0.1, 0.15) is 37.8 Å². The van der Waals surface area contributed by atoms with Gasteiger partial charge in [0.1, 0.15) is 0 Å². The minimum atomic E-state index is -3.99. The zero-order valence-electron chi connectivity index (χ0n) is 15.0. The summed E-state index contributed by atoms with van der Waals surface area (Å²) < 4.78 is 25.7. The Hall–Kier alpha value is -2.42. The van der Waals surface area contributed by atoms with E-state index in [0.29, 0.717) is 11.5 Å². The number of nitrogens with one attached hydrogen (secondary N) is 2. The van der Waals surface area contributed by atoms with Gasteiger partial charge in [0, 0.05) is 6.54 Å². The van der Waals surface area contributed by atoms with Crippen molar-refractivity contribution in [2.24, 2.45) is 5.92 Å². The van der Waals surface area contributed by atoms with Crippen LogP contribution in [0, 0.1) is 5.92 Å². The van der Waals surface area contributed by atoms with Gasteiger partial charge >= 0.3 is 11.9 Å². The average molecular weight is 384 g/mol. The van der Waals surface area contributed by atoms with Crippen LogP contribution in [0.4, 0.5) is 0 Å². The van der Waals surface area contributed by atoms with E-state index < -0.39 is 46.0 Å². The highest BCUT2D eigenvalue weighted by atomic mass is 32.2. The first kappa shape index (κ1) is 21.6. The van der Waals surface area contributed by atoms with Gasteiger partial charge in [-0.1, -0.05) is 38.1 Å². The number of carboxylic acid groups (broad SMARTS) is 1. The molecule has 0 bridgehead atoms. The second-order valence-electron chi connectivity index (χ2n) is 6.41. The summed E-state index contributed by atoms with van der Waals surface area (Å²) in [5, 5.41) is 10.3. The summed E-state index contributed by atoms with van der Waals surface area (Å²) in [6, 6.07) is 7.41. The van der Waals surface area contributed by atoms with Gasteiger partial charge in [-0.2, -0.15) is 0 Å². The van der Waals surface area contributed by atoms with Crippen LogP contribution in [0.3, 0.4) is 0 Å². The zero-order chi connectivity index (χ0) is 19.9. The Bertz CT molecular complexity index is 756. The number of carbonyl (C=O) groups excluding carboxylic acids is 2. The van der Waals surface area contributed by atoms with E-state index in [9.17, 15) is 22.8 Å². The summed E-state index contributed by atoms with van der Waals surface area (Å²) in [6.07, 6.45) is 0.914. The molecule has 0 fully saturated rings. The first-order chi connectivity index (χ1) is 12.0. The average Bonchev–Trinajstić information content (AvgIpc) is 2.53. The molecule has 2 amide bonds. The van der Waals surface area contributed by atoms with E-state index in [1.54, 1.807) is 19.1 Å². The van der Waals surface area contributed by atoms with Gasteiger partial charge in [0.15, 0.2) is 0 Å². The number of carbonyl (C=O) groups is 3. The van der Waals surface area contributed by atoms with Crippen molar-refractivity contribution in [3.8, 4) is 0 Å². The van der Waals surface area contributed by atoms with Gasteiger partial charge in [0.2, 0.25) is 15.9 Å². The molecule has 0 radical (unpaired) electrons. The van der Waals surface area contributed by atoms with Crippen LogP contribution in [0.25, 0.3) is 0 Å². The van der Waals surface area contributed by atoms with Crippen LogP contribution in [-0.4, -0.2) is 43.6 Å². The molecule has 0 heterocycles. The van der Waals surface area contributed by atoms with Crippen molar-refractivity contribution in [2.45, 2.75) is 33.1 Å². The minimum absolute atomic E-state index is 0.411. The topological polar surface area (TPSA) is 130 Å². The monoisotopic (exact) mass is 384 g/mol. The molecular weight excluding hydrogens is 360 g/mol. The molecule has 0 aliphatic heterocycles. The van der Waals surface area contributed by atoms with Crippen LogP contribution in [0.15, 0.2) is 24.3 Å². The van der Waals surface area contributed by atoms with Crippen LogP contribution in [0.2, 0.25) is 0 Å². The van der Waals surface area contributed by atoms with Gasteiger partial charge in [-0.05, 0) is 30.4 Å². The molecular formula is C17H24N2O6S. The van der Waals surface area contributed by atoms with Crippen LogP contribution in [0.5, 0.6) is 0 Å². The standard InChI is InChI=1S/C17H24N2O6S/c1-11(2)10-13-4-6-14(7-5-13)12(3)15(20)19-26(24,25)9-8-18-16(21)17(22)23/h4-7,11-12H,8-10H2,1-3H3,(H,18,21)(H,19,20)(H,22,23)/t12-/m1/s1. The van der Waals surface area contributed by atoms with Gasteiger partial charge in [-0.15, -0.1) is 0 Å². The van der Waals surface area contributed by atoms with E-state index in [0.717, 1.165) is 12.0 Å². The summed E-state index contributed by atoms with van der Waals surface area (Å²) in [7, 11) is -3.99. The first-order valence-corrected chi connectivity index (χ1v) is 9.81. The van der Waals surface area contributed by atoms with Gasteiger partial charge in [0.25, 0.3) is 0 Å². The fraction of sp³-hybridized carbons (Fsp3) is 0.471. The number of aliphatic carboxylic acids is 1. The molecule has 144 valence electrons. The maximum atomic E-state index is 12.2. The van der Waals surface area contributed by atoms with E-state index in [-0.39, 0.29) is 0 Å². The summed E-state index contributed by atoms with van der Waals surface area (Å²) >= 11 is 0. The van der Waals surface area contributed by atoms with Gasteiger partial charge < -0.3 is 10.4 Å². The smallest absolute Gasteiger partial charge is 0.394 e. The fourth-order valence-corrected chi connectivity index (χ4v) is 3.19. The maximum Gasteiger partial charge on any atom is 0.394 e.